The zero-order valence-corrected chi connectivity index (χ0v) is 21.0. The molecule has 174 valence electrons. The maximum atomic E-state index is 6.27. The molecule has 0 radical (unpaired) electrons. The van der Waals surface area contributed by atoms with Gasteiger partial charge in [-0.2, -0.15) is 0 Å². The Balaban J connectivity index is 1.50. The van der Waals surface area contributed by atoms with Crippen LogP contribution in [-0.4, -0.2) is 17.0 Å². The van der Waals surface area contributed by atoms with Crippen LogP contribution in [0.4, 0.5) is 5.13 Å². The van der Waals surface area contributed by atoms with Crippen molar-refractivity contribution in [2.45, 2.75) is 59.9 Å². The zero-order chi connectivity index (χ0) is 23.6. The van der Waals surface area contributed by atoms with Gasteiger partial charge < -0.3 is 15.8 Å². The van der Waals surface area contributed by atoms with Crippen molar-refractivity contribution in [3.8, 4) is 22.8 Å². The van der Waals surface area contributed by atoms with Gasteiger partial charge in [-0.1, -0.05) is 50.6 Å². The molecule has 0 saturated heterocycles. The van der Waals surface area contributed by atoms with Crippen LogP contribution in [0.2, 0.25) is 0 Å². The largest absolute Gasteiger partial charge is 0.456 e. The van der Waals surface area contributed by atoms with Crippen molar-refractivity contribution < 1.29 is 4.74 Å². The highest BCUT2D eigenvalue weighted by Crippen LogP contribution is 2.40. The third-order valence-electron chi connectivity index (χ3n) is 6.14. The van der Waals surface area contributed by atoms with Crippen LogP contribution in [0, 0.1) is 25.2 Å². The van der Waals surface area contributed by atoms with Gasteiger partial charge in [0.05, 0.1) is 11.7 Å². The third kappa shape index (κ3) is 5.93. The van der Waals surface area contributed by atoms with Crippen LogP contribution in [0.25, 0.3) is 11.3 Å². The molecule has 1 saturated carbocycles. The molecule has 3 N–H and O–H groups in total. The topological polar surface area (TPSA) is 72.5 Å². The summed E-state index contributed by atoms with van der Waals surface area (Å²) in [6.45, 7) is 11.1. The second-order valence-corrected chi connectivity index (χ2v) is 11.0. The Hall–Kier alpha value is -2.86. The molecule has 4 rings (SSSR count). The summed E-state index contributed by atoms with van der Waals surface area (Å²) < 4.78 is 6.27. The molecule has 6 heteroatoms. The summed E-state index contributed by atoms with van der Waals surface area (Å²) in [4.78, 5) is 9.54. The van der Waals surface area contributed by atoms with Gasteiger partial charge >= 0.3 is 0 Å². The summed E-state index contributed by atoms with van der Waals surface area (Å²) in [6, 6.07) is 14.4. The van der Waals surface area contributed by atoms with Gasteiger partial charge in [-0.25, -0.2) is 9.98 Å². The number of hydrogen-bond donors (Lipinski definition) is 2. The summed E-state index contributed by atoms with van der Waals surface area (Å²) in [5, 5.41) is 5.95. The molecule has 0 spiro atoms. The van der Waals surface area contributed by atoms with Crippen LogP contribution in [0.1, 0.15) is 51.2 Å². The van der Waals surface area contributed by atoms with Crippen molar-refractivity contribution in [2.75, 3.05) is 5.32 Å². The number of guanidine groups is 1. The van der Waals surface area contributed by atoms with Crippen LogP contribution in [-0.2, 0) is 0 Å². The minimum Gasteiger partial charge on any atom is -0.456 e. The van der Waals surface area contributed by atoms with Gasteiger partial charge in [0, 0.05) is 10.9 Å². The molecule has 2 atom stereocenters. The number of nitrogens with one attached hydrogen (secondary N) is 1. The third-order valence-corrected chi connectivity index (χ3v) is 6.90. The Morgan fingerprint density at radius 2 is 1.94 bits per heavy atom. The first kappa shape index (κ1) is 23.3. The highest BCUT2D eigenvalue weighted by Gasteiger charge is 2.32. The van der Waals surface area contributed by atoms with Gasteiger partial charge in [0.2, 0.25) is 0 Å². The predicted molar refractivity (Wildman–Crippen MR) is 139 cm³/mol. The van der Waals surface area contributed by atoms with E-state index >= 15 is 0 Å². The zero-order valence-electron chi connectivity index (χ0n) is 20.2. The molecule has 2 aromatic carbocycles. The highest BCUT2D eigenvalue weighted by molar-refractivity contribution is 7.14. The van der Waals surface area contributed by atoms with E-state index in [4.69, 9.17) is 20.4 Å². The van der Waals surface area contributed by atoms with Gasteiger partial charge in [0.15, 0.2) is 11.1 Å². The van der Waals surface area contributed by atoms with Crippen LogP contribution < -0.4 is 15.8 Å². The SMILES string of the molecule is Cc1ccc(Oc2ccccc2-c2csc(NC(N)=NC3CC(C)CC(C)(C)C3)n2)c(C)c1. The van der Waals surface area contributed by atoms with Gasteiger partial charge in [-0.15, -0.1) is 11.3 Å². The molecule has 1 fully saturated rings. The second-order valence-electron chi connectivity index (χ2n) is 10.1. The van der Waals surface area contributed by atoms with E-state index in [9.17, 15) is 0 Å². The van der Waals surface area contributed by atoms with Gasteiger partial charge in [0.1, 0.15) is 11.5 Å². The number of nitrogens with two attached hydrogens (primary N) is 1. The number of aryl methyl sites for hydroxylation is 2. The van der Waals surface area contributed by atoms with Crippen molar-refractivity contribution in [1.82, 2.24) is 4.98 Å². The Morgan fingerprint density at radius 1 is 1.15 bits per heavy atom. The van der Waals surface area contributed by atoms with Crippen molar-refractivity contribution in [2.24, 2.45) is 22.1 Å². The number of rotatable bonds is 5. The number of para-hydroxylation sites is 1. The highest BCUT2D eigenvalue weighted by atomic mass is 32.1. The number of hydrogen-bond acceptors (Lipinski definition) is 4. The molecule has 0 amide bonds. The predicted octanol–water partition coefficient (Wildman–Crippen LogP) is 7.16. The van der Waals surface area contributed by atoms with Crippen molar-refractivity contribution in [1.29, 1.82) is 0 Å². The number of ether oxygens (including phenoxy) is 1. The Kier molecular flexibility index (Phi) is 6.75. The van der Waals surface area contributed by atoms with E-state index in [2.05, 4.69) is 52.1 Å². The van der Waals surface area contributed by atoms with Crippen LogP contribution in [0.5, 0.6) is 11.5 Å². The van der Waals surface area contributed by atoms with Crippen LogP contribution >= 0.6 is 11.3 Å². The molecule has 1 aliphatic carbocycles. The lowest BCUT2D eigenvalue weighted by atomic mass is 9.71. The van der Waals surface area contributed by atoms with Crippen molar-refractivity contribution >= 4 is 22.4 Å². The fourth-order valence-corrected chi connectivity index (χ4v) is 5.70. The van der Waals surface area contributed by atoms with Crippen molar-refractivity contribution in [3.05, 3.63) is 59.0 Å². The van der Waals surface area contributed by atoms with E-state index in [1.807, 2.05) is 35.7 Å². The first-order valence-corrected chi connectivity index (χ1v) is 12.5. The number of thiazole rings is 1. The fraction of sp³-hybridized carbons (Fsp3) is 0.407. The molecular formula is C27H34N4OS. The van der Waals surface area contributed by atoms with Crippen LogP contribution in [0.15, 0.2) is 52.8 Å². The van der Waals surface area contributed by atoms with E-state index in [0.29, 0.717) is 17.3 Å². The number of benzene rings is 2. The molecule has 0 aliphatic heterocycles. The lowest BCUT2D eigenvalue weighted by molar-refractivity contribution is 0.171. The standard InChI is InChI=1S/C27H34N4OS/c1-17-10-11-23(19(3)12-17)32-24-9-7-6-8-21(24)22-16-33-26(30-22)31-25(28)29-20-13-18(2)14-27(4,5)15-20/h6-12,16,18,20H,13-15H2,1-5H3,(H3,28,29,30,31). The maximum Gasteiger partial charge on any atom is 0.195 e. The molecule has 1 heterocycles. The molecule has 0 bridgehead atoms. The average Bonchev–Trinajstić information content (AvgIpc) is 3.17. The summed E-state index contributed by atoms with van der Waals surface area (Å²) in [5.74, 6) is 2.73. The summed E-state index contributed by atoms with van der Waals surface area (Å²) in [5.41, 5.74) is 10.7. The Labute approximate surface area is 201 Å². The second kappa shape index (κ2) is 9.56. The number of aliphatic imine (C=N–C) groups is 1. The van der Waals surface area contributed by atoms with E-state index in [1.54, 1.807) is 0 Å². The number of aromatic nitrogens is 1. The summed E-state index contributed by atoms with van der Waals surface area (Å²) in [6.07, 6.45) is 3.38. The molecule has 1 aliphatic rings. The van der Waals surface area contributed by atoms with E-state index in [1.165, 1.54) is 23.3 Å². The lowest BCUT2D eigenvalue weighted by Gasteiger charge is -2.37. The van der Waals surface area contributed by atoms with Gasteiger partial charge in [-0.05, 0) is 68.2 Å². The van der Waals surface area contributed by atoms with Gasteiger partial charge in [-0.3, -0.25) is 0 Å². The van der Waals surface area contributed by atoms with E-state index in [0.717, 1.165) is 46.3 Å². The quantitative estimate of drug-likeness (QED) is 0.312. The minimum atomic E-state index is 0.252. The normalized spacial score (nSPS) is 20.5. The van der Waals surface area contributed by atoms with E-state index < -0.39 is 0 Å². The fourth-order valence-electron chi connectivity index (χ4n) is 4.99. The molecule has 1 aromatic heterocycles. The Bertz CT molecular complexity index is 1150. The molecular weight excluding hydrogens is 428 g/mol. The molecule has 5 nitrogen and oxygen atoms in total. The van der Waals surface area contributed by atoms with Crippen molar-refractivity contribution in [3.63, 3.8) is 0 Å². The first-order chi connectivity index (χ1) is 15.7. The molecule has 3 aromatic rings. The Morgan fingerprint density at radius 3 is 2.70 bits per heavy atom. The monoisotopic (exact) mass is 462 g/mol. The molecule has 33 heavy (non-hydrogen) atoms. The van der Waals surface area contributed by atoms with Crippen LogP contribution in [0.3, 0.4) is 0 Å². The lowest BCUT2D eigenvalue weighted by Crippen LogP contribution is -2.33. The molecule has 2 unspecified atom stereocenters. The summed E-state index contributed by atoms with van der Waals surface area (Å²) in [7, 11) is 0. The number of nitrogens with zero attached hydrogens (tertiary/aromatic N) is 2. The maximum absolute atomic E-state index is 6.27. The first-order valence-electron chi connectivity index (χ1n) is 11.6. The smallest absolute Gasteiger partial charge is 0.195 e. The number of anilines is 1. The van der Waals surface area contributed by atoms with E-state index in [-0.39, 0.29) is 6.04 Å². The minimum absolute atomic E-state index is 0.252. The average molecular weight is 463 g/mol. The summed E-state index contributed by atoms with van der Waals surface area (Å²) >= 11 is 1.52. The van der Waals surface area contributed by atoms with Gasteiger partial charge in [0.25, 0.3) is 0 Å².